The number of hydrazone groups is 1. The van der Waals surface area contributed by atoms with Gasteiger partial charge in [0.15, 0.2) is 5.03 Å². The van der Waals surface area contributed by atoms with E-state index in [1.165, 1.54) is 19.3 Å². The van der Waals surface area contributed by atoms with E-state index < -0.39 is 11.1 Å². The van der Waals surface area contributed by atoms with Crippen LogP contribution < -0.4 is 21.7 Å². The van der Waals surface area contributed by atoms with Crippen molar-refractivity contribution >= 4 is 17.8 Å². The van der Waals surface area contributed by atoms with Crippen LogP contribution in [0.2, 0.25) is 0 Å². The summed E-state index contributed by atoms with van der Waals surface area (Å²) in [7, 11) is 0. The third-order valence-corrected chi connectivity index (χ3v) is 7.92. The summed E-state index contributed by atoms with van der Waals surface area (Å²) in [4.78, 5) is 36.6. The molecule has 0 aromatic heterocycles. The van der Waals surface area contributed by atoms with Gasteiger partial charge >= 0.3 is 0 Å². The first kappa shape index (κ1) is 25.7. The SMILES string of the molecule is N/C(=N/[N+](=O)[O-])NCCC[C@@H](NC(=O)CC12CC3CC(CC(C3)C1)C2)C(=O)NCc1ccc(O)cc1. The number of nitrogens with one attached hydrogen (secondary N) is 3. The predicted molar refractivity (Wildman–Crippen MR) is 133 cm³/mol. The molecule has 0 aliphatic heterocycles. The lowest BCUT2D eigenvalue weighted by Crippen LogP contribution is -2.51. The molecule has 4 saturated carbocycles. The maximum absolute atomic E-state index is 13.2. The summed E-state index contributed by atoms with van der Waals surface area (Å²) in [5, 5.41) is 30.5. The number of nitrogens with zero attached hydrogens (tertiary/aromatic N) is 2. The molecule has 4 bridgehead atoms. The van der Waals surface area contributed by atoms with Gasteiger partial charge in [-0.3, -0.25) is 9.59 Å². The maximum Gasteiger partial charge on any atom is 0.266 e. The van der Waals surface area contributed by atoms with Gasteiger partial charge in [0.25, 0.3) is 5.96 Å². The number of rotatable bonds is 11. The van der Waals surface area contributed by atoms with E-state index in [9.17, 15) is 24.8 Å². The molecule has 0 saturated heterocycles. The summed E-state index contributed by atoms with van der Waals surface area (Å²) in [6.07, 6.45) is 8.50. The first-order valence-corrected chi connectivity index (χ1v) is 12.8. The summed E-state index contributed by atoms with van der Waals surface area (Å²) in [5.74, 6) is 1.67. The van der Waals surface area contributed by atoms with Crippen molar-refractivity contribution in [1.82, 2.24) is 16.0 Å². The number of guanidine groups is 1. The summed E-state index contributed by atoms with van der Waals surface area (Å²) < 4.78 is 0. The minimum Gasteiger partial charge on any atom is -0.508 e. The Balaban J connectivity index is 1.33. The number of hydrogen-bond donors (Lipinski definition) is 5. The van der Waals surface area contributed by atoms with Crippen molar-refractivity contribution in [3.05, 3.63) is 39.9 Å². The number of benzene rings is 1. The van der Waals surface area contributed by atoms with E-state index in [1.54, 1.807) is 24.3 Å². The van der Waals surface area contributed by atoms with Crippen molar-refractivity contribution in [2.45, 2.75) is 70.4 Å². The van der Waals surface area contributed by atoms with Crippen LogP contribution in [0.3, 0.4) is 0 Å². The van der Waals surface area contributed by atoms with Crippen LogP contribution in [0.4, 0.5) is 0 Å². The van der Waals surface area contributed by atoms with Crippen molar-refractivity contribution < 1.29 is 19.7 Å². The molecule has 0 heterocycles. The Hall–Kier alpha value is -3.37. The second kappa shape index (κ2) is 11.1. The molecule has 1 atom stereocenters. The van der Waals surface area contributed by atoms with Gasteiger partial charge in [0, 0.05) is 19.5 Å². The van der Waals surface area contributed by atoms with Crippen LogP contribution in [0.25, 0.3) is 0 Å². The number of carbonyl (C=O) groups is 2. The Bertz CT molecular complexity index is 960. The fourth-order valence-corrected chi connectivity index (χ4v) is 6.93. The number of amides is 2. The topological polar surface area (TPSA) is 172 Å². The minimum absolute atomic E-state index is 0.0703. The van der Waals surface area contributed by atoms with E-state index in [2.05, 4.69) is 21.1 Å². The number of phenolic OH excluding ortho intramolecular Hbond substituents is 1. The number of nitro groups is 1. The van der Waals surface area contributed by atoms with Crippen molar-refractivity contribution in [2.24, 2.45) is 34.0 Å². The van der Waals surface area contributed by atoms with Gasteiger partial charge in [0.1, 0.15) is 16.9 Å². The molecule has 4 fully saturated rings. The minimum atomic E-state index is -0.882. The highest BCUT2D eigenvalue weighted by atomic mass is 16.7. The largest absolute Gasteiger partial charge is 0.508 e. The van der Waals surface area contributed by atoms with E-state index in [-0.39, 0.29) is 42.0 Å². The number of carbonyl (C=O) groups excluding carboxylic acids is 2. The third-order valence-electron chi connectivity index (χ3n) is 7.92. The van der Waals surface area contributed by atoms with E-state index in [0.717, 1.165) is 42.6 Å². The molecule has 4 aliphatic carbocycles. The zero-order valence-corrected chi connectivity index (χ0v) is 20.4. The van der Waals surface area contributed by atoms with E-state index in [4.69, 9.17) is 5.73 Å². The standard InChI is InChI=1S/C25H36N6O5/c26-24(30-31(35)36)27-7-1-2-21(23(34)28-15-16-3-5-20(32)6-4-16)29-22(33)14-25-11-17-8-18(12-25)10-19(9-17)13-25/h3-6,17-19,21,32H,1-2,7-15H2,(H,28,34)(H,29,33)(H3,26,27,30)/t17?,18?,19?,21-,25?/m1/s1. The van der Waals surface area contributed by atoms with Crippen LogP contribution in [-0.4, -0.2) is 40.5 Å². The van der Waals surface area contributed by atoms with Gasteiger partial charge in [-0.25, -0.2) is 10.1 Å². The van der Waals surface area contributed by atoms with Crippen LogP contribution in [0.5, 0.6) is 5.75 Å². The molecule has 6 N–H and O–H groups in total. The smallest absolute Gasteiger partial charge is 0.266 e. The zero-order valence-electron chi connectivity index (χ0n) is 20.4. The molecular formula is C25H36N6O5. The molecule has 2 amide bonds. The highest BCUT2D eigenvalue weighted by Crippen LogP contribution is 2.61. The normalized spacial score (nSPS) is 27.3. The number of aromatic hydroxyl groups is 1. The second-order valence-corrected chi connectivity index (χ2v) is 10.9. The molecular weight excluding hydrogens is 464 g/mol. The lowest BCUT2D eigenvalue weighted by Gasteiger charge is -2.56. The van der Waals surface area contributed by atoms with Gasteiger partial charge in [-0.2, -0.15) is 0 Å². The Morgan fingerprint density at radius 2 is 1.72 bits per heavy atom. The van der Waals surface area contributed by atoms with Crippen molar-refractivity contribution in [3.8, 4) is 5.75 Å². The fourth-order valence-electron chi connectivity index (χ4n) is 6.93. The lowest BCUT2D eigenvalue weighted by molar-refractivity contribution is -0.485. The Morgan fingerprint density at radius 1 is 1.11 bits per heavy atom. The summed E-state index contributed by atoms with van der Waals surface area (Å²) >= 11 is 0. The van der Waals surface area contributed by atoms with E-state index >= 15 is 0 Å². The van der Waals surface area contributed by atoms with Crippen LogP contribution in [-0.2, 0) is 16.1 Å². The zero-order chi connectivity index (χ0) is 25.7. The quantitative estimate of drug-likeness (QED) is 0.102. The van der Waals surface area contributed by atoms with E-state index in [1.807, 2.05) is 0 Å². The van der Waals surface area contributed by atoms with Crippen molar-refractivity contribution in [3.63, 3.8) is 0 Å². The molecule has 0 unspecified atom stereocenters. The van der Waals surface area contributed by atoms with Gasteiger partial charge in [0.2, 0.25) is 11.8 Å². The predicted octanol–water partition coefficient (Wildman–Crippen LogP) is 1.98. The first-order valence-electron chi connectivity index (χ1n) is 12.8. The monoisotopic (exact) mass is 500 g/mol. The molecule has 4 aliphatic rings. The van der Waals surface area contributed by atoms with Gasteiger partial charge in [-0.15, -0.1) is 0 Å². The van der Waals surface area contributed by atoms with Gasteiger partial charge in [0.05, 0.1) is 0 Å². The Kier molecular flexibility index (Phi) is 7.95. The summed E-state index contributed by atoms with van der Waals surface area (Å²) in [5.41, 5.74) is 6.35. The Morgan fingerprint density at radius 3 is 2.31 bits per heavy atom. The van der Waals surface area contributed by atoms with Crippen molar-refractivity contribution in [1.29, 1.82) is 0 Å². The van der Waals surface area contributed by atoms with Crippen molar-refractivity contribution in [2.75, 3.05) is 6.54 Å². The summed E-state index contributed by atoms with van der Waals surface area (Å²) in [6, 6.07) is 5.80. The highest BCUT2D eigenvalue weighted by Gasteiger charge is 2.51. The average Bonchev–Trinajstić information content (AvgIpc) is 2.78. The molecule has 1 aromatic rings. The lowest BCUT2D eigenvalue weighted by atomic mass is 9.49. The van der Waals surface area contributed by atoms with Gasteiger partial charge in [-0.1, -0.05) is 12.1 Å². The molecule has 36 heavy (non-hydrogen) atoms. The molecule has 196 valence electrons. The highest BCUT2D eigenvalue weighted by molar-refractivity contribution is 5.87. The average molecular weight is 501 g/mol. The molecule has 0 radical (unpaired) electrons. The number of nitrogens with two attached hydrogens (primary N) is 1. The maximum atomic E-state index is 13.2. The second-order valence-electron chi connectivity index (χ2n) is 10.9. The summed E-state index contributed by atoms with van der Waals surface area (Å²) in [6.45, 7) is 0.539. The molecule has 0 spiro atoms. The molecule has 5 rings (SSSR count). The van der Waals surface area contributed by atoms with Crippen LogP contribution in [0, 0.1) is 33.3 Å². The molecule has 11 heteroatoms. The first-order chi connectivity index (χ1) is 17.2. The fraction of sp³-hybridized carbons (Fsp3) is 0.640. The van der Waals surface area contributed by atoms with Gasteiger partial charge in [-0.05, 0) is 92.2 Å². The number of hydrogen-bond acceptors (Lipinski definition) is 5. The van der Waals surface area contributed by atoms with Crippen LogP contribution >= 0.6 is 0 Å². The van der Waals surface area contributed by atoms with Crippen LogP contribution in [0.15, 0.2) is 29.4 Å². The Labute approximate surface area is 210 Å². The van der Waals surface area contributed by atoms with E-state index in [0.29, 0.717) is 19.3 Å². The number of phenols is 1. The molecule has 11 nitrogen and oxygen atoms in total. The van der Waals surface area contributed by atoms with Gasteiger partial charge < -0.3 is 26.8 Å². The molecule has 1 aromatic carbocycles. The van der Waals surface area contributed by atoms with Crippen LogP contribution in [0.1, 0.15) is 63.4 Å². The third kappa shape index (κ3) is 6.86.